The highest BCUT2D eigenvalue weighted by molar-refractivity contribution is 5.99. The normalized spacial score (nSPS) is 24.0. The molecule has 2 atom stereocenters. The van der Waals surface area contributed by atoms with Gasteiger partial charge in [-0.1, -0.05) is 18.9 Å². The van der Waals surface area contributed by atoms with E-state index in [1.807, 2.05) is 9.80 Å². The second-order valence-electron chi connectivity index (χ2n) is 8.25. The number of carbonyl (C=O) groups excluding carboxylic acids is 2. The predicted octanol–water partition coefficient (Wildman–Crippen LogP) is 3.36. The van der Waals surface area contributed by atoms with E-state index >= 15 is 0 Å². The summed E-state index contributed by atoms with van der Waals surface area (Å²) in [6.45, 7) is 1.86. The number of halogens is 2. The summed E-state index contributed by atoms with van der Waals surface area (Å²) < 4.78 is 30.6. The highest BCUT2D eigenvalue weighted by Crippen LogP contribution is 2.35. The van der Waals surface area contributed by atoms with Crippen molar-refractivity contribution in [2.45, 2.75) is 57.2 Å². The molecule has 3 heterocycles. The molecule has 2 aromatic rings. The van der Waals surface area contributed by atoms with Gasteiger partial charge in [0, 0.05) is 30.8 Å². The van der Waals surface area contributed by atoms with Crippen LogP contribution in [0.1, 0.15) is 60.3 Å². The molecule has 1 N–H and O–H groups in total. The van der Waals surface area contributed by atoms with E-state index in [0.29, 0.717) is 30.8 Å². The summed E-state index contributed by atoms with van der Waals surface area (Å²) in [5.74, 6) is -0.891. The molecule has 164 valence electrons. The van der Waals surface area contributed by atoms with Gasteiger partial charge >= 0.3 is 12.5 Å². The molecule has 2 fully saturated rings. The van der Waals surface area contributed by atoms with Crippen molar-refractivity contribution in [3.8, 4) is 11.5 Å². The maximum absolute atomic E-state index is 13.3. The standard InChI is InChI=1S/C21H23F2N5O3/c22-17(23)19-26-25-18(31-19)12-6-7-13-11-28(20(29)14(13)10-12)16-5-2-1-4-15(16)27-9-3-8-24-21(27)30/h6-7,10,15-17H,1-5,8-9,11H2,(H,24,30)/t15-,16-/m1/s1. The molecule has 3 aliphatic rings. The Hall–Kier alpha value is -3.04. The minimum Gasteiger partial charge on any atom is -0.415 e. The number of hydrogen-bond acceptors (Lipinski definition) is 5. The first kappa shape index (κ1) is 19.9. The smallest absolute Gasteiger partial charge is 0.317 e. The third kappa shape index (κ3) is 3.53. The van der Waals surface area contributed by atoms with Crippen LogP contribution in [0.3, 0.4) is 0 Å². The molecular formula is C21H23F2N5O3. The van der Waals surface area contributed by atoms with Crippen molar-refractivity contribution in [1.82, 2.24) is 25.3 Å². The Balaban J connectivity index is 1.40. The van der Waals surface area contributed by atoms with Crippen molar-refractivity contribution in [2.75, 3.05) is 13.1 Å². The molecule has 1 saturated carbocycles. The van der Waals surface area contributed by atoms with Gasteiger partial charge in [-0.3, -0.25) is 4.79 Å². The molecule has 0 radical (unpaired) electrons. The molecule has 2 aliphatic heterocycles. The van der Waals surface area contributed by atoms with Gasteiger partial charge in [0.2, 0.25) is 5.89 Å². The monoisotopic (exact) mass is 431 g/mol. The topological polar surface area (TPSA) is 91.6 Å². The fourth-order valence-corrected chi connectivity index (χ4v) is 4.95. The second kappa shape index (κ2) is 7.90. The lowest BCUT2D eigenvalue weighted by atomic mass is 9.87. The van der Waals surface area contributed by atoms with Crippen molar-refractivity contribution in [1.29, 1.82) is 0 Å². The van der Waals surface area contributed by atoms with Crippen LogP contribution in [0.5, 0.6) is 0 Å². The van der Waals surface area contributed by atoms with Crippen molar-refractivity contribution < 1.29 is 22.8 Å². The maximum Gasteiger partial charge on any atom is 0.317 e. The molecular weight excluding hydrogens is 408 g/mol. The van der Waals surface area contributed by atoms with Crippen LogP contribution in [0.2, 0.25) is 0 Å². The largest absolute Gasteiger partial charge is 0.415 e. The quantitative estimate of drug-likeness (QED) is 0.802. The number of aromatic nitrogens is 2. The average molecular weight is 431 g/mol. The van der Waals surface area contributed by atoms with Crippen LogP contribution in [-0.4, -0.2) is 57.1 Å². The number of rotatable bonds is 4. The Kier molecular flexibility index (Phi) is 5.07. The van der Waals surface area contributed by atoms with Gasteiger partial charge < -0.3 is 19.5 Å². The maximum atomic E-state index is 13.3. The van der Waals surface area contributed by atoms with E-state index in [2.05, 4.69) is 15.5 Å². The van der Waals surface area contributed by atoms with Gasteiger partial charge in [0.1, 0.15) is 0 Å². The van der Waals surface area contributed by atoms with E-state index < -0.39 is 12.3 Å². The average Bonchev–Trinajstić information content (AvgIpc) is 3.40. The molecule has 0 bridgehead atoms. The molecule has 31 heavy (non-hydrogen) atoms. The Bertz CT molecular complexity index is 1010. The molecule has 1 saturated heterocycles. The van der Waals surface area contributed by atoms with Crippen molar-refractivity contribution in [3.63, 3.8) is 0 Å². The number of benzene rings is 1. The van der Waals surface area contributed by atoms with Crippen LogP contribution in [-0.2, 0) is 6.54 Å². The number of alkyl halides is 2. The van der Waals surface area contributed by atoms with Crippen LogP contribution in [0.4, 0.5) is 13.6 Å². The number of amides is 3. The number of fused-ring (bicyclic) bond motifs is 1. The molecule has 0 unspecified atom stereocenters. The molecule has 10 heteroatoms. The molecule has 1 aromatic carbocycles. The predicted molar refractivity (Wildman–Crippen MR) is 105 cm³/mol. The third-order valence-electron chi connectivity index (χ3n) is 6.42. The third-order valence-corrected chi connectivity index (χ3v) is 6.42. The fourth-order valence-electron chi connectivity index (χ4n) is 4.95. The number of carbonyl (C=O) groups is 2. The van der Waals surface area contributed by atoms with Crippen molar-refractivity contribution >= 4 is 11.9 Å². The number of hydrogen-bond donors (Lipinski definition) is 1. The summed E-state index contributed by atoms with van der Waals surface area (Å²) in [5, 5.41) is 9.94. The lowest BCUT2D eigenvalue weighted by molar-refractivity contribution is 0.0428. The lowest BCUT2D eigenvalue weighted by Gasteiger charge is -2.45. The van der Waals surface area contributed by atoms with Gasteiger partial charge in [0.05, 0.1) is 12.1 Å². The molecule has 0 spiro atoms. The lowest BCUT2D eigenvalue weighted by Crippen LogP contribution is -2.59. The zero-order valence-corrected chi connectivity index (χ0v) is 16.9. The van der Waals surface area contributed by atoms with Gasteiger partial charge in [-0.25, -0.2) is 4.79 Å². The van der Waals surface area contributed by atoms with Crippen LogP contribution in [0, 0.1) is 0 Å². The summed E-state index contributed by atoms with van der Waals surface area (Å²) in [6.07, 6.45) is 1.83. The van der Waals surface area contributed by atoms with E-state index in [0.717, 1.165) is 37.7 Å². The summed E-state index contributed by atoms with van der Waals surface area (Å²) in [6, 6.07) is 5.04. The zero-order valence-electron chi connectivity index (χ0n) is 16.9. The van der Waals surface area contributed by atoms with E-state index in [4.69, 9.17) is 4.42 Å². The van der Waals surface area contributed by atoms with Gasteiger partial charge in [-0.15, -0.1) is 10.2 Å². The minimum absolute atomic E-state index is 0.00340. The minimum atomic E-state index is -2.84. The molecule has 3 amide bonds. The SMILES string of the molecule is O=C1NCCCN1[C@@H]1CCCC[C@H]1N1Cc2ccc(-c3nnc(C(F)F)o3)cc2C1=O. The number of urea groups is 1. The Labute approximate surface area is 177 Å². The highest BCUT2D eigenvalue weighted by atomic mass is 19.3. The first-order valence-corrected chi connectivity index (χ1v) is 10.6. The van der Waals surface area contributed by atoms with Crippen LogP contribution >= 0.6 is 0 Å². The first-order chi connectivity index (χ1) is 15.0. The second-order valence-corrected chi connectivity index (χ2v) is 8.25. The summed E-state index contributed by atoms with van der Waals surface area (Å²) in [5.41, 5.74) is 1.82. The van der Waals surface area contributed by atoms with E-state index in [9.17, 15) is 18.4 Å². The Morgan fingerprint density at radius 1 is 1.06 bits per heavy atom. The molecule has 1 aromatic heterocycles. The van der Waals surface area contributed by atoms with Crippen molar-refractivity contribution in [3.05, 3.63) is 35.2 Å². The first-order valence-electron chi connectivity index (χ1n) is 10.6. The highest BCUT2D eigenvalue weighted by Gasteiger charge is 2.42. The van der Waals surface area contributed by atoms with Gasteiger partial charge in [0.15, 0.2) is 0 Å². The zero-order chi connectivity index (χ0) is 21.5. The van der Waals surface area contributed by atoms with E-state index in [1.165, 1.54) is 0 Å². The molecule has 5 rings (SSSR count). The van der Waals surface area contributed by atoms with E-state index in [-0.39, 0.29) is 29.9 Å². The summed E-state index contributed by atoms with van der Waals surface area (Å²) in [7, 11) is 0. The van der Waals surface area contributed by atoms with E-state index in [1.54, 1.807) is 18.2 Å². The van der Waals surface area contributed by atoms with Crippen molar-refractivity contribution in [2.24, 2.45) is 0 Å². The van der Waals surface area contributed by atoms with Gasteiger partial charge in [0.25, 0.3) is 11.8 Å². The number of nitrogens with one attached hydrogen (secondary N) is 1. The molecule has 8 nitrogen and oxygen atoms in total. The van der Waals surface area contributed by atoms with Gasteiger partial charge in [-0.2, -0.15) is 8.78 Å². The van der Waals surface area contributed by atoms with Crippen LogP contribution in [0.25, 0.3) is 11.5 Å². The summed E-state index contributed by atoms with van der Waals surface area (Å²) in [4.78, 5) is 29.5. The van der Waals surface area contributed by atoms with Gasteiger partial charge in [-0.05, 0) is 37.0 Å². The van der Waals surface area contributed by atoms with Crippen LogP contribution in [0.15, 0.2) is 22.6 Å². The summed E-state index contributed by atoms with van der Waals surface area (Å²) >= 11 is 0. The van der Waals surface area contributed by atoms with Crippen LogP contribution < -0.4 is 5.32 Å². The number of nitrogens with zero attached hydrogens (tertiary/aromatic N) is 4. The fraction of sp³-hybridized carbons (Fsp3) is 0.524. The Morgan fingerprint density at radius 3 is 2.55 bits per heavy atom. The molecule has 1 aliphatic carbocycles. The Morgan fingerprint density at radius 2 is 1.84 bits per heavy atom.